The van der Waals surface area contributed by atoms with E-state index >= 15 is 0 Å². The van der Waals surface area contributed by atoms with Crippen molar-refractivity contribution >= 4 is 0 Å². The van der Waals surface area contributed by atoms with Gasteiger partial charge in [-0.15, -0.1) is 0 Å². The van der Waals surface area contributed by atoms with Gasteiger partial charge >= 0.3 is 0 Å². The first-order valence-electron chi connectivity index (χ1n) is 5.66. The van der Waals surface area contributed by atoms with Crippen molar-refractivity contribution < 1.29 is 5.11 Å². The van der Waals surface area contributed by atoms with Gasteiger partial charge < -0.3 is 10.0 Å². The molecule has 1 N–H and O–H groups in total. The lowest BCUT2D eigenvalue weighted by molar-refractivity contribution is 0.106. The van der Waals surface area contributed by atoms with E-state index in [4.69, 9.17) is 0 Å². The summed E-state index contributed by atoms with van der Waals surface area (Å²) in [5.41, 5.74) is 0. The Morgan fingerprint density at radius 2 is 2.08 bits per heavy atom. The summed E-state index contributed by atoms with van der Waals surface area (Å²) in [4.78, 5) is 2.42. The van der Waals surface area contributed by atoms with Crippen molar-refractivity contribution in [2.75, 3.05) is 19.6 Å². The maximum atomic E-state index is 9.55. The molecule has 0 aromatic rings. The Hall–Kier alpha value is -0.0800. The van der Waals surface area contributed by atoms with E-state index in [0.29, 0.717) is 0 Å². The maximum Gasteiger partial charge on any atom is 0.0664 e. The molecule has 2 heteroatoms. The molecular weight excluding hydrogens is 162 g/mol. The molecule has 0 saturated heterocycles. The summed E-state index contributed by atoms with van der Waals surface area (Å²) in [5, 5.41) is 9.55. The van der Waals surface area contributed by atoms with Crippen LogP contribution in [0.1, 0.15) is 39.5 Å². The fourth-order valence-corrected chi connectivity index (χ4v) is 1.67. The minimum absolute atomic E-state index is 0.120. The average Bonchev–Trinajstić information content (AvgIpc) is 2.88. The minimum Gasteiger partial charge on any atom is -0.392 e. The van der Waals surface area contributed by atoms with Crippen molar-refractivity contribution in [1.29, 1.82) is 0 Å². The van der Waals surface area contributed by atoms with Gasteiger partial charge in [0.05, 0.1) is 6.10 Å². The van der Waals surface area contributed by atoms with Gasteiger partial charge in [-0.3, -0.25) is 0 Å². The lowest BCUT2D eigenvalue weighted by atomic mass is 10.2. The van der Waals surface area contributed by atoms with Crippen LogP contribution in [0.5, 0.6) is 0 Å². The largest absolute Gasteiger partial charge is 0.392 e. The first kappa shape index (κ1) is 11.0. The second-order valence-corrected chi connectivity index (χ2v) is 4.27. The molecule has 0 radical (unpaired) electrons. The summed E-state index contributed by atoms with van der Waals surface area (Å²) in [6.07, 6.45) is 4.77. The zero-order valence-electron chi connectivity index (χ0n) is 9.00. The fourth-order valence-electron chi connectivity index (χ4n) is 1.67. The van der Waals surface area contributed by atoms with Crippen LogP contribution in [0.2, 0.25) is 0 Å². The van der Waals surface area contributed by atoms with Crippen LogP contribution in [0.4, 0.5) is 0 Å². The van der Waals surface area contributed by atoms with Crippen LogP contribution in [0.25, 0.3) is 0 Å². The number of aliphatic hydroxyl groups excluding tert-OH is 1. The molecule has 0 aromatic carbocycles. The van der Waals surface area contributed by atoms with Gasteiger partial charge in [0, 0.05) is 13.1 Å². The lowest BCUT2D eigenvalue weighted by Crippen LogP contribution is -2.34. The molecule has 0 bridgehead atoms. The van der Waals surface area contributed by atoms with Gasteiger partial charge in [0.25, 0.3) is 0 Å². The summed E-state index contributed by atoms with van der Waals surface area (Å²) in [6.45, 7) is 7.49. The van der Waals surface area contributed by atoms with Crippen LogP contribution in [0.3, 0.4) is 0 Å². The highest BCUT2D eigenvalue weighted by molar-refractivity contribution is 4.78. The van der Waals surface area contributed by atoms with E-state index in [9.17, 15) is 5.11 Å². The molecule has 1 unspecified atom stereocenters. The third-order valence-electron chi connectivity index (χ3n) is 2.69. The lowest BCUT2D eigenvalue weighted by Gasteiger charge is -2.23. The predicted octanol–water partition coefficient (Wildman–Crippen LogP) is 1.88. The van der Waals surface area contributed by atoms with E-state index in [-0.39, 0.29) is 6.10 Å². The highest BCUT2D eigenvalue weighted by Crippen LogP contribution is 2.29. The molecule has 0 amide bonds. The van der Waals surface area contributed by atoms with Gasteiger partial charge in [-0.25, -0.2) is 0 Å². The van der Waals surface area contributed by atoms with E-state index in [1.807, 2.05) is 6.92 Å². The van der Waals surface area contributed by atoms with E-state index < -0.39 is 0 Å². The van der Waals surface area contributed by atoms with Crippen molar-refractivity contribution in [2.24, 2.45) is 5.92 Å². The Bertz CT molecular complexity index is 134. The molecule has 1 atom stereocenters. The molecule has 78 valence electrons. The molecule has 0 heterocycles. The Balaban J connectivity index is 2.18. The summed E-state index contributed by atoms with van der Waals surface area (Å²) < 4.78 is 0. The van der Waals surface area contributed by atoms with Gasteiger partial charge in [-0.2, -0.15) is 0 Å². The van der Waals surface area contributed by atoms with Gasteiger partial charge in [0.15, 0.2) is 0 Å². The molecule has 1 fully saturated rings. The standard InChI is InChI=1S/C11H23NO/c1-3-7-12(8-10-5-6-10)9-11(13)4-2/h10-11,13H,3-9H2,1-2H3. The van der Waals surface area contributed by atoms with Crippen LogP contribution < -0.4 is 0 Å². The predicted molar refractivity (Wildman–Crippen MR) is 55.8 cm³/mol. The van der Waals surface area contributed by atoms with Crippen molar-refractivity contribution in [1.82, 2.24) is 4.90 Å². The quantitative estimate of drug-likeness (QED) is 0.654. The maximum absolute atomic E-state index is 9.55. The number of hydrogen-bond donors (Lipinski definition) is 1. The van der Waals surface area contributed by atoms with Gasteiger partial charge in [-0.1, -0.05) is 13.8 Å². The van der Waals surface area contributed by atoms with E-state index in [1.165, 1.54) is 25.8 Å². The van der Waals surface area contributed by atoms with Crippen molar-refractivity contribution in [3.05, 3.63) is 0 Å². The van der Waals surface area contributed by atoms with Crippen molar-refractivity contribution in [2.45, 2.75) is 45.6 Å². The van der Waals surface area contributed by atoms with Crippen LogP contribution in [-0.2, 0) is 0 Å². The summed E-state index contributed by atoms with van der Waals surface area (Å²) in [7, 11) is 0. The molecule has 1 rings (SSSR count). The molecule has 2 nitrogen and oxygen atoms in total. The molecular formula is C11H23NO. The highest BCUT2D eigenvalue weighted by Gasteiger charge is 2.24. The normalized spacial score (nSPS) is 19.4. The second kappa shape index (κ2) is 5.61. The Morgan fingerprint density at radius 1 is 1.38 bits per heavy atom. The topological polar surface area (TPSA) is 23.5 Å². The zero-order valence-corrected chi connectivity index (χ0v) is 9.00. The Kier molecular flexibility index (Phi) is 4.74. The average molecular weight is 185 g/mol. The van der Waals surface area contributed by atoms with Crippen molar-refractivity contribution in [3.8, 4) is 0 Å². The Morgan fingerprint density at radius 3 is 2.54 bits per heavy atom. The summed E-state index contributed by atoms with van der Waals surface area (Å²) in [5.74, 6) is 0.940. The monoisotopic (exact) mass is 185 g/mol. The molecule has 1 aliphatic rings. The van der Waals surface area contributed by atoms with Crippen LogP contribution in [0.15, 0.2) is 0 Å². The highest BCUT2D eigenvalue weighted by atomic mass is 16.3. The zero-order chi connectivity index (χ0) is 9.68. The van der Waals surface area contributed by atoms with Crippen LogP contribution in [0, 0.1) is 5.92 Å². The SMILES string of the molecule is CCCN(CC(O)CC)CC1CC1. The fraction of sp³-hybridized carbons (Fsp3) is 1.00. The van der Waals surface area contributed by atoms with Crippen molar-refractivity contribution in [3.63, 3.8) is 0 Å². The van der Waals surface area contributed by atoms with Gasteiger partial charge in [0.1, 0.15) is 0 Å². The molecule has 0 spiro atoms. The summed E-state index contributed by atoms with van der Waals surface area (Å²) in [6, 6.07) is 0. The van der Waals surface area contributed by atoms with Crippen LogP contribution >= 0.6 is 0 Å². The first-order chi connectivity index (χ1) is 6.26. The Labute approximate surface area is 81.9 Å². The smallest absolute Gasteiger partial charge is 0.0664 e. The van der Waals surface area contributed by atoms with E-state index in [1.54, 1.807) is 0 Å². The van der Waals surface area contributed by atoms with Gasteiger partial charge in [0.2, 0.25) is 0 Å². The summed E-state index contributed by atoms with van der Waals surface area (Å²) >= 11 is 0. The first-order valence-corrected chi connectivity index (χ1v) is 5.66. The second-order valence-electron chi connectivity index (χ2n) is 4.27. The minimum atomic E-state index is -0.120. The number of aliphatic hydroxyl groups is 1. The molecule has 1 aliphatic carbocycles. The number of rotatable bonds is 7. The van der Waals surface area contributed by atoms with E-state index in [0.717, 1.165) is 25.4 Å². The third-order valence-corrected chi connectivity index (χ3v) is 2.69. The molecule has 1 saturated carbocycles. The van der Waals surface area contributed by atoms with Gasteiger partial charge in [-0.05, 0) is 38.1 Å². The molecule has 0 aliphatic heterocycles. The number of nitrogens with zero attached hydrogens (tertiary/aromatic N) is 1. The molecule has 13 heavy (non-hydrogen) atoms. The van der Waals surface area contributed by atoms with Crippen LogP contribution in [-0.4, -0.2) is 35.7 Å². The number of hydrogen-bond acceptors (Lipinski definition) is 2. The molecule has 0 aromatic heterocycles. The van der Waals surface area contributed by atoms with E-state index in [2.05, 4.69) is 11.8 Å². The third kappa shape index (κ3) is 4.63.